The minimum atomic E-state index is -1.64. The maximum Gasteiger partial charge on any atom is 0.111 e. The van der Waals surface area contributed by atoms with Gasteiger partial charge in [0.15, 0.2) is 0 Å². The van der Waals surface area contributed by atoms with E-state index in [4.69, 9.17) is 10.8 Å². The van der Waals surface area contributed by atoms with Gasteiger partial charge in [-0.25, -0.2) is 0 Å². The van der Waals surface area contributed by atoms with Crippen molar-refractivity contribution in [2.24, 2.45) is 5.73 Å². The quantitative estimate of drug-likeness (QED) is 0.289. The molecule has 6 heteroatoms. The van der Waals surface area contributed by atoms with Crippen LogP contribution in [0.2, 0.25) is 0 Å². The van der Waals surface area contributed by atoms with Gasteiger partial charge in [-0.2, -0.15) is 0 Å². The van der Waals surface area contributed by atoms with Gasteiger partial charge in [0.1, 0.15) is 18.3 Å². The van der Waals surface area contributed by atoms with Gasteiger partial charge in [0.05, 0.1) is 11.7 Å². The fraction of sp³-hybridized carbons (Fsp3) is 1.00. The highest BCUT2D eigenvalue weighted by molar-refractivity contribution is 4.89. The topological polar surface area (TPSA) is 127 Å². The molecule has 0 aliphatic rings. The van der Waals surface area contributed by atoms with E-state index in [-0.39, 0.29) is 6.54 Å². The summed E-state index contributed by atoms with van der Waals surface area (Å²) >= 11 is 0. The Morgan fingerprint density at radius 1 is 1.07 bits per heavy atom. The van der Waals surface area contributed by atoms with Crippen molar-refractivity contribution in [3.05, 3.63) is 0 Å². The third kappa shape index (κ3) is 3.49. The van der Waals surface area contributed by atoms with Gasteiger partial charge >= 0.3 is 0 Å². The van der Waals surface area contributed by atoms with E-state index in [1.54, 1.807) is 0 Å². The molecule has 0 spiro atoms. The Kier molecular flexibility index (Phi) is 4.93. The van der Waals surface area contributed by atoms with Crippen LogP contribution in [0.15, 0.2) is 0 Å². The molecule has 0 amide bonds. The third-order valence-electron chi connectivity index (χ3n) is 2.03. The second kappa shape index (κ2) is 5.01. The second-order valence-corrected chi connectivity index (χ2v) is 3.88. The minimum absolute atomic E-state index is 0.239. The van der Waals surface area contributed by atoms with Crippen molar-refractivity contribution in [2.75, 3.05) is 6.54 Å². The average Bonchev–Trinajstić information content (AvgIpc) is 2.11. The van der Waals surface area contributed by atoms with E-state index < -0.39 is 30.0 Å². The molecule has 6 nitrogen and oxygen atoms in total. The highest BCUT2D eigenvalue weighted by atomic mass is 16.4. The van der Waals surface area contributed by atoms with Crippen molar-refractivity contribution in [2.45, 2.75) is 43.9 Å². The average molecular weight is 209 g/mol. The number of hydrogen-bond acceptors (Lipinski definition) is 6. The predicted molar refractivity (Wildman–Crippen MR) is 49.4 cm³/mol. The normalized spacial score (nSPS) is 21.4. The Hall–Kier alpha value is -0.240. The maximum absolute atomic E-state index is 9.36. The van der Waals surface area contributed by atoms with E-state index >= 15 is 0 Å². The van der Waals surface area contributed by atoms with Crippen molar-refractivity contribution in [1.29, 1.82) is 0 Å². The molecule has 0 saturated carbocycles. The lowest BCUT2D eigenvalue weighted by Crippen LogP contribution is -2.54. The summed E-state index contributed by atoms with van der Waals surface area (Å²) in [6, 6.07) is 0. The molecule has 0 fully saturated rings. The lowest BCUT2D eigenvalue weighted by atomic mass is 9.92. The molecule has 0 aromatic rings. The highest BCUT2D eigenvalue weighted by Crippen LogP contribution is 2.15. The molecule has 86 valence electrons. The molecule has 4 unspecified atom stereocenters. The molecular formula is C8H19NO5. The summed E-state index contributed by atoms with van der Waals surface area (Å²) in [6.07, 6.45) is -6.12. The van der Waals surface area contributed by atoms with Gasteiger partial charge in [-0.3, -0.25) is 0 Å². The van der Waals surface area contributed by atoms with Gasteiger partial charge in [0, 0.05) is 6.54 Å². The Bertz CT molecular complexity index is 170. The van der Waals surface area contributed by atoms with E-state index in [1.165, 1.54) is 13.8 Å². The molecule has 4 atom stereocenters. The SMILES string of the molecule is CC(C)(O)C(O)C(O)C(O)C(O)CN. The summed E-state index contributed by atoms with van der Waals surface area (Å²) in [5.41, 5.74) is 3.49. The Morgan fingerprint density at radius 3 is 1.79 bits per heavy atom. The van der Waals surface area contributed by atoms with E-state index in [2.05, 4.69) is 0 Å². The van der Waals surface area contributed by atoms with Crippen LogP contribution in [-0.2, 0) is 0 Å². The molecule has 14 heavy (non-hydrogen) atoms. The molecule has 0 aromatic carbocycles. The Balaban J connectivity index is 4.38. The van der Waals surface area contributed by atoms with Crippen LogP contribution in [0.1, 0.15) is 13.8 Å². The number of hydrogen-bond donors (Lipinski definition) is 6. The number of aliphatic hydroxyl groups is 5. The fourth-order valence-corrected chi connectivity index (χ4v) is 0.972. The van der Waals surface area contributed by atoms with Crippen LogP contribution in [-0.4, -0.2) is 62.1 Å². The molecular weight excluding hydrogens is 190 g/mol. The summed E-state index contributed by atoms with van der Waals surface area (Å²) in [6.45, 7) is 2.32. The zero-order valence-corrected chi connectivity index (χ0v) is 8.33. The lowest BCUT2D eigenvalue weighted by Gasteiger charge is -2.32. The molecule has 0 aliphatic carbocycles. The van der Waals surface area contributed by atoms with Crippen LogP contribution in [0.25, 0.3) is 0 Å². The summed E-state index contributed by atoms with van der Waals surface area (Å²) in [5, 5.41) is 46.4. The van der Waals surface area contributed by atoms with E-state index in [9.17, 15) is 20.4 Å². The van der Waals surface area contributed by atoms with Crippen LogP contribution >= 0.6 is 0 Å². The summed E-state index contributed by atoms with van der Waals surface area (Å²) in [7, 11) is 0. The largest absolute Gasteiger partial charge is 0.389 e. The Morgan fingerprint density at radius 2 is 1.50 bits per heavy atom. The molecule has 0 saturated heterocycles. The van der Waals surface area contributed by atoms with Gasteiger partial charge in [0.2, 0.25) is 0 Å². The summed E-state index contributed by atoms with van der Waals surface area (Å²) < 4.78 is 0. The van der Waals surface area contributed by atoms with E-state index in [0.29, 0.717) is 0 Å². The lowest BCUT2D eigenvalue weighted by molar-refractivity contribution is -0.156. The summed E-state index contributed by atoms with van der Waals surface area (Å²) in [4.78, 5) is 0. The van der Waals surface area contributed by atoms with Crippen LogP contribution in [0, 0.1) is 0 Å². The van der Waals surface area contributed by atoms with Gasteiger partial charge in [-0.05, 0) is 13.8 Å². The standard InChI is InChI=1S/C8H19NO5/c1-8(2,14)7(13)6(12)5(11)4(10)3-9/h4-7,10-14H,3,9H2,1-2H3. The zero-order valence-electron chi connectivity index (χ0n) is 8.33. The van der Waals surface area contributed by atoms with Crippen LogP contribution < -0.4 is 5.73 Å². The smallest absolute Gasteiger partial charge is 0.111 e. The van der Waals surface area contributed by atoms with E-state index in [1.807, 2.05) is 0 Å². The fourth-order valence-electron chi connectivity index (χ4n) is 0.972. The van der Waals surface area contributed by atoms with Crippen molar-refractivity contribution in [1.82, 2.24) is 0 Å². The summed E-state index contributed by atoms with van der Waals surface area (Å²) in [5.74, 6) is 0. The van der Waals surface area contributed by atoms with Crippen LogP contribution in [0.4, 0.5) is 0 Å². The second-order valence-electron chi connectivity index (χ2n) is 3.88. The monoisotopic (exact) mass is 209 g/mol. The van der Waals surface area contributed by atoms with E-state index in [0.717, 1.165) is 0 Å². The van der Waals surface area contributed by atoms with Gasteiger partial charge in [-0.1, -0.05) is 0 Å². The molecule has 0 bridgehead atoms. The molecule has 7 N–H and O–H groups in total. The van der Waals surface area contributed by atoms with Crippen molar-refractivity contribution in [3.8, 4) is 0 Å². The minimum Gasteiger partial charge on any atom is -0.389 e. The third-order valence-corrected chi connectivity index (χ3v) is 2.03. The molecule has 0 aromatic heterocycles. The molecule has 0 radical (unpaired) electrons. The molecule has 0 rings (SSSR count). The highest BCUT2D eigenvalue weighted by Gasteiger charge is 2.37. The van der Waals surface area contributed by atoms with Crippen molar-refractivity contribution < 1.29 is 25.5 Å². The number of aliphatic hydroxyl groups excluding tert-OH is 4. The van der Waals surface area contributed by atoms with Crippen LogP contribution in [0.3, 0.4) is 0 Å². The first-order chi connectivity index (χ1) is 6.21. The predicted octanol–water partition coefficient (Wildman–Crippen LogP) is -2.84. The van der Waals surface area contributed by atoms with Crippen molar-refractivity contribution in [3.63, 3.8) is 0 Å². The first kappa shape index (κ1) is 13.8. The van der Waals surface area contributed by atoms with Gasteiger partial charge in [0.25, 0.3) is 0 Å². The first-order valence-electron chi connectivity index (χ1n) is 4.36. The van der Waals surface area contributed by atoms with Gasteiger partial charge in [-0.15, -0.1) is 0 Å². The van der Waals surface area contributed by atoms with Gasteiger partial charge < -0.3 is 31.3 Å². The zero-order chi connectivity index (χ0) is 11.5. The van der Waals surface area contributed by atoms with Crippen LogP contribution in [0.5, 0.6) is 0 Å². The maximum atomic E-state index is 9.36. The Labute approximate surface area is 82.6 Å². The number of rotatable bonds is 5. The van der Waals surface area contributed by atoms with Crippen molar-refractivity contribution >= 4 is 0 Å². The first-order valence-corrected chi connectivity index (χ1v) is 4.36. The number of nitrogens with two attached hydrogens (primary N) is 1. The molecule has 0 aliphatic heterocycles. The molecule has 0 heterocycles.